The topological polar surface area (TPSA) is 28.2 Å². The van der Waals surface area contributed by atoms with E-state index in [0.717, 1.165) is 26.2 Å². The number of thiazole rings is 1. The molecule has 0 aliphatic carbocycles. The summed E-state index contributed by atoms with van der Waals surface area (Å²) in [6.45, 7) is 13.5. The molecule has 0 radical (unpaired) electrons. The van der Waals surface area contributed by atoms with Crippen molar-refractivity contribution in [1.29, 1.82) is 0 Å². The van der Waals surface area contributed by atoms with Gasteiger partial charge in [0.25, 0.3) is 0 Å². The molecule has 0 amide bonds. The molecule has 1 aromatic heterocycles. The molecule has 3 nitrogen and oxygen atoms in total. The minimum Gasteiger partial charge on any atom is -0.316 e. The summed E-state index contributed by atoms with van der Waals surface area (Å²) in [7, 11) is 2.20. The summed E-state index contributed by atoms with van der Waals surface area (Å²) in [4.78, 5) is 6.78. The van der Waals surface area contributed by atoms with Crippen LogP contribution in [0.3, 0.4) is 0 Å². The fraction of sp³-hybridized carbons (Fsp3) is 0.812. The highest BCUT2D eigenvalue weighted by molar-refractivity contribution is 7.07. The number of hydrogen-bond acceptors (Lipinski definition) is 4. The van der Waals surface area contributed by atoms with E-state index < -0.39 is 0 Å². The van der Waals surface area contributed by atoms with Gasteiger partial charge in [-0.15, -0.1) is 11.3 Å². The van der Waals surface area contributed by atoms with Gasteiger partial charge in [0.05, 0.1) is 11.2 Å². The molecule has 0 spiro atoms. The van der Waals surface area contributed by atoms with Gasteiger partial charge in [-0.1, -0.05) is 34.1 Å². The lowest BCUT2D eigenvalue weighted by Gasteiger charge is -2.34. The van der Waals surface area contributed by atoms with Crippen LogP contribution in [0.5, 0.6) is 0 Å². The van der Waals surface area contributed by atoms with Gasteiger partial charge in [0.2, 0.25) is 0 Å². The number of rotatable bonds is 10. The van der Waals surface area contributed by atoms with Gasteiger partial charge in [-0.3, -0.25) is 4.90 Å². The Morgan fingerprint density at radius 3 is 2.75 bits per heavy atom. The summed E-state index contributed by atoms with van der Waals surface area (Å²) in [5.41, 5.74) is 3.44. The van der Waals surface area contributed by atoms with Crippen molar-refractivity contribution in [3.8, 4) is 0 Å². The predicted octanol–water partition coefficient (Wildman–Crippen LogP) is 3.63. The standard InChI is InChI=1S/C16H31N3S/c1-6-7-16(4,11-17-8-14(2)3)12-19(5)9-15-10-20-13-18-15/h10,13-14,17H,6-9,11-12H2,1-5H3. The van der Waals surface area contributed by atoms with E-state index in [1.807, 2.05) is 5.51 Å². The number of nitrogens with one attached hydrogen (secondary N) is 1. The zero-order valence-corrected chi connectivity index (χ0v) is 14.6. The first kappa shape index (κ1) is 17.6. The van der Waals surface area contributed by atoms with Crippen LogP contribution in [-0.2, 0) is 6.54 Å². The van der Waals surface area contributed by atoms with Crippen molar-refractivity contribution in [2.45, 2.75) is 47.1 Å². The highest BCUT2D eigenvalue weighted by atomic mass is 32.1. The Kier molecular flexibility index (Phi) is 7.70. The van der Waals surface area contributed by atoms with Crippen molar-refractivity contribution in [2.75, 3.05) is 26.7 Å². The van der Waals surface area contributed by atoms with E-state index in [0.29, 0.717) is 11.3 Å². The Hall–Kier alpha value is -0.450. The smallest absolute Gasteiger partial charge is 0.0795 e. The maximum Gasteiger partial charge on any atom is 0.0795 e. The maximum atomic E-state index is 4.38. The van der Waals surface area contributed by atoms with Gasteiger partial charge in [-0.2, -0.15) is 0 Å². The Balaban J connectivity index is 2.46. The van der Waals surface area contributed by atoms with Crippen LogP contribution in [0.25, 0.3) is 0 Å². The van der Waals surface area contributed by atoms with Crippen LogP contribution in [-0.4, -0.2) is 36.6 Å². The molecule has 0 saturated carbocycles. The van der Waals surface area contributed by atoms with Crippen LogP contribution < -0.4 is 5.32 Å². The monoisotopic (exact) mass is 297 g/mol. The summed E-state index contributed by atoms with van der Waals surface area (Å²) < 4.78 is 0. The lowest BCUT2D eigenvalue weighted by molar-refractivity contribution is 0.166. The van der Waals surface area contributed by atoms with Crippen molar-refractivity contribution in [2.24, 2.45) is 11.3 Å². The summed E-state index contributed by atoms with van der Waals surface area (Å²) in [6, 6.07) is 0. The fourth-order valence-electron chi connectivity index (χ4n) is 2.79. The minimum absolute atomic E-state index is 0.342. The highest BCUT2D eigenvalue weighted by Crippen LogP contribution is 2.24. The molecule has 1 rings (SSSR count). The molecule has 0 fully saturated rings. The van der Waals surface area contributed by atoms with Crippen LogP contribution in [0.2, 0.25) is 0 Å². The predicted molar refractivity (Wildman–Crippen MR) is 89.2 cm³/mol. The summed E-state index contributed by atoms with van der Waals surface area (Å²) in [5, 5.41) is 5.78. The van der Waals surface area contributed by atoms with E-state index >= 15 is 0 Å². The van der Waals surface area contributed by atoms with Crippen LogP contribution >= 0.6 is 11.3 Å². The largest absolute Gasteiger partial charge is 0.316 e. The molecule has 1 unspecified atom stereocenters. The quantitative estimate of drug-likeness (QED) is 0.715. The molecule has 116 valence electrons. The van der Waals surface area contributed by atoms with Crippen LogP contribution in [0, 0.1) is 11.3 Å². The molecule has 0 aliphatic heterocycles. The molecule has 0 bridgehead atoms. The third-order valence-electron chi connectivity index (χ3n) is 3.52. The van der Waals surface area contributed by atoms with Gasteiger partial charge in [-0.25, -0.2) is 4.98 Å². The van der Waals surface area contributed by atoms with E-state index in [2.05, 4.69) is 55.3 Å². The molecule has 20 heavy (non-hydrogen) atoms. The maximum absolute atomic E-state index is 4.38. The van der Waals surface area contributed by atoms with E-state index in [9.17, 15) is 0 Å². The van der Waals surface area contributed by atoms with Crippen LogP contribution in [0.1, 0.15) is 46.2 Å². The van der Waals surface area contributed by atoms with Crippen molar-refractivity contribution in [3.05, 3.63) is 16.6 Å². The summed E-state index contributed by atoms with van der Waals surface area (Å²) in [6.07, 6.45) is 2.50. The Morgan fingerprint density at radius 1 is 1.45 bits per heavy atom. The molecule has 4 heteroatoms. The minimum atomic E-state index is 0.342. The van der Waals surface area contributed by atoms with Gasteiger partial charge in [-0.05, 0) is 31.3 Å². The number of aromatic nitrogens is 1. The molecule has 1 N–H and O–H groups in total. The van der Waals surface area contributed by atoms with Gasteiger partial charge in [0, 0.05) is 25.0 Å². The second-order valence-corrected chi connectivity index (χ2v) is 7.46. The first-order chi connectivity index (χ1) is 9.45. The number of nitrogens with zero attached hydrogens (tertiary/aromatic N) is 2. The van der Waals surface area contributed by atoms with Crippen molar-refractivity contribution in [3.63, 3.8) is 0 Å². The average molecular weight is 298 g/mol. The lowest BCUT2D eigenvalue weighted by atomic mass is 9.84. The third-order valence-corrected chi connectivity index (χ3v) is 4.16. The van der Waals surface area contributed by atoms with Crippen molar-refractivity contribution >= 4 is 11.3 Å². The SMILES string of the molecule is CCCC(C)(CNCC(C)C)CN(C)Cc1cscn1. The van der Waals surface area contributed by atoms with Gasteiger partial charge in [0.15, 0.2) is 0 Å². The van der Waals surface area contributed by atoms with Gasteiger partial charge >= 0.3 is 0 Å². The van der Waals surface area contributed by atoms with E-state index in [4.69, 9.17) is 0 Å². The Labute approximate surface area is 128 Å². The molecule has 1 heterocycles. The second-order valence-electron chi connectivity index (χ2n) is 6.74. The Bertz CT molecular complexity index is 351. The van der Waals surface area contributed by atoms with Crippen LogP contribution in [0.4, 0.5) is 0 Å². The molecule has 1 aromatic rings. The molecule has 1 atom stereocenters. The van der Waals surface area contributed by atoms with E-state index in [-0.39, 0.29) is 0 Å². The normalized spacial score (nSPS) is 14.9. The zero-order chi connectivity index (χ0) is 15.0. The molecule has 0 aromatic carbocycles. The zero-order valence-electron chi connectivity index (χ0n) is 13.8. The number of hydrogen-bond donors (Lipinski definition) is 1. The first-order valence-corrected chi connectivity index (χ1v) is 8.66. The second kappa shape index (κ2) is 8.75. The Morgan fingerprint density at radius 2 is 2.20 bits per heavy atom. The molecule has 0 saturated heterocycles. The summed E-state index contributed by atoms with van der Waals surface area (Å²) in [5.74, 6) is 0.716. The van der Waals surface area contributed by atoms with E-state index in [1.54, 1.807) is 11.3 Å². The fourth-order valence-corrected chi connectivity index (χ4v) is 3.34. The summed E-state index contributed by atoms with van der Waals surface area (Å²) >= 11 is 1.68. The highest BCUT2D eigenvalue weighted by Gasteiger charge is 2.25. The first-order valence-electron chi connectivity index (χ1n) is 7.71. The van der Waals surface area contributed by atoms with E-state index in [1.165, 1.54) is 18.5 Å². The lowest BCUT2D eigenvalue weighted by Crippen LogP contribution is -2.41. The molecular formula is C16H31N3S. The van der Waals surface area contributed by atoms with Crippen LogP contribution in [0.15, 0.2) is 10.9 Å². The van der Waals surface area contributed by atoms with Crippen molar-refractivity contribution in [1.82, 2.24) is 15.2 Å². The molecule has 0 aliphatic rings. The van der Waals surface area contributed by atoms with Gasteiger partial charge in [0.1, 0.15) is 0 Å². The molecular weight excluding hydrogens is 266 g/mol. The van der Waals surface area contributed by atoms with Gasteiger partial charge < -0.3 is 5.32 Å². The third kappa shape index (κ3) is 6.82. The van der Waals surface area contributed by atoms with Crippen molar-refractivity contribution < 1.29 is 0 Å². The average Bonchev–Trinajstić information content (AvgIpc) is 2.80.